The molecule has 116 valence electrons. The molecule has 2 heterocycles. The lowest BCUT2D eigenvalue weighted by Gasteiger charge is -2.19. The predicted molar refractivity (Wildman–Crippen MR) is 89.4 cm³/mol. The van der Waals surface area contributed by atoms with Crippen molar-refractivity contribution in [1.29, 1.82) is 0 Å². The number of aromatic nitrogens is 2. The largest absolute Gasteiger partial charge is 0.444 e. The van der Waals surface area contributed by atoms with Crippen molar-refractivity contribution in [2.24, 2.45) is 0 Å². The lowest BCUT2D eigenvalue weighted by molar-refractivity contribution is 0.0526. The maximum Gasteiger partial charge on any atom is 0.407 e. The van der Waals surface area contributed by atoms with Crippen molar-refractivity contribution >= 4 is 37.7 Å². The predicted octanol–water partition coefficient (Wildman–Crippen LogP) is 3.78. The molecule has 0 atom stereocenters. The zero-order valence-corrected chi connectivity index (χ0v) is 13.7. The third kappa shape index (κ3) is 3.06. The molecule has 1 aromatic carbocycles. The summed E-state index contributed by atoms with van der Waals surface area (Å²) in [4.78, 5) is 11.7. The van der Waals surface area contributed by atoms with Crippen LogP contribution in [0.3, 0.4) is 0 Å². The average Bonchev–Trinajstić information content (AvgIpc) is 2.96. The fraction of sp³-hybridized carbons (Fsp3) is 0.375. The molecule has 3 rings (SSSR count). The molecule has 2 aromatic heterocycles. The normalized spacial score (nSPS) is 12.0. The second-order valence-electron chi connectivity index (χ2n) is 6.11. The number of carbonyl (C=O) groups is 1. The molecule has 3 aromatic rings. The maximum atomic E-state index is 11.7. The first-order chi connectivity index (χ1) is 10.4. The summed E-state index contributed by atoms with van der Waals surface area (Å²) in [6.45, 7) is 6.64. The Bertz CT molecular complexity index is 814. The van der Waals surface area contributed by atoms with Crippen LogP contribution in [0.5, 0.6) is 0 Å². The first-order valence-electron chi connectivity index (χ1n) is 7.24. The molecule has 0 fully saturated rings. The Hall–Kier alpha value is -2.08. The molecule has 0 radical (unpaired) electrons. The summed E-state index contributed by atoms with van der Waals surface area (Å²) in [5.74, 6) is 0. The fourth-order valence-electron chi connectivity index (χ4n) is 2.33. The highest BCUT2D eigenvalue weighted by Gasteiger charge is 2.16. The molecule has 0 unspecified atom stereocenters. The van der Waals surface area contributed by atoms with E-state index >= 15 is 0 Å². The van der Waals surface area contributed by atoms with Gasteiger partial charge in [0.15, 0.2) is 0 Å². The molecule has 0 spiro atoms. The Morgan fingerprint density at radius 1 is 1.32 bits per heavy atom. The van der Waals surface area contributed by atoms with Gasteiger partial charge in [-0.3, -0.25) is 4.68 Å². The molecule has 22 heavy (non-hydrogen) atoms. The quantitative estimate of drug-likeness (QED) is 0.800. The lowest BCUT2D eigenvalue weighted by Crippen LogP contribution is -2.34. The molecule has 0 aliphatic heterocycles. The second-order valence-corrected chi connectivity index (χ2v) is 7.19. The van der Waals surface area contributed by atoms with Crippen molar-refractivity contribution in [2.45, 2.75) is 32.9 Å². The van der Waals surface area contributed by atoms with Gasteiger partial charge in [-0.25, -0.2) is 4.79 Å². The number of amides is 1. The van der Waals surface area contributed by atoms with E-state index in [2.05, 4.69) is 22.5 Å². The van der Waals surface area contributed by atoms with E-state index in [0.717, 1.165) is 5.52 Å². The molecule has 0 bridgehead atoms. The molecule has 0 aliphatic carbocycles. The summed E-state index contributed by atoms with van der Waals surface area (Å²) in [6, 6.07) is 8.29. The van der Waals surface area contributed by atoms with Gasteiger partial charge in [0.05, 0.1) is 23.0 Å². The van der Waals surface area contributed by atoms with Gasteiger partial charge in [-0.05, 0) is 26.8 Å². The second kappa shape index (κ2) is 5.61. The van der Waals surface area contributed by atoms with E-state index in [0.29, 0.717) is 13.1 Å². The number of alkyl carbamates (subject to hydrolysis) is 1. The van der Waals surface area contributed by atoms with Crippen LogP contribution >= 0.6 is 11.3 Å². The van der Waals surface area contributed by atoms with Gasteiger partial charge >= 0.3 is 6.09 Å². The van der Waals surface area contributed by atoms with Crippen LogP contribution < -0.4 is 5.32 Å². The number of benzene rings is 1. The molecular formula is C16H19N3O2S. The SMILES string of the molecule is CC(C)(C)OC(=O)NCCn1ncc2sc3ccccc3c21. The Morgan fingerprint density at radius 3 is 2.86 bits per heavy atom. The molecule has 5 nitrogen and oxygen atoms in total. The van der Waals surface area contributed by atoms with Gasteiger partial charge in [-0.1, -0.05) is 18.2 Å². The van der Waals surface area contributed by atoms with Crippen LogP contribution in [0.2, 0.25) is 0 Å². The van der Waals surface area contributed by atoms with Crippen LogP contribution in [0.15, 0.2) is 30.5 Å². The number of rotatable bonds is 3. The first kappa shape index (κ1) is 14.8. The van der Waals surface area contributed by atoms with Crippen molar-refractivity contribution in [3.05, 3.63) is 30.5 Å². The number of fused-ring (bicyclic) bond motifs is 3. The van der Waals surface area contributed by atoms with Crippen molar-refractivity contribution in [3.8, 4) is 0 Å². The Labute approximate surface area is 132 Å². The van der Waals surface area contributed by atoms with E-state index in [1.165, 1.54) is 14.8 Å². The summed E-state index contributed by atoms with van der Waals surface area (Å²) in [5, 5.41) is 8.38. The van der Waals surface area contributed by atoms with Gasteiger partial charge in [0.2, 0.25) is 0 Å². The third-order valence-electron chi connectivity index (χ3n) is 3.16. The number of hydrogen-bond acceptors (Lipinski definition) is 4. The molecular weight excluding hydrogens is 298 g/mol. The van der Waals surface area contributed by atoms with E-state index in [1.54, 1.807) is 11.3 Å². The van der Waals surface area contributed by atoms with Crippen molar-refractivity contribution < 1.29 is 9.53 Å². The Morgan fingerprint density at radius 2 is 2.09 bits per heavy atom. The number of hydrogen-bond donors (Lipinski definition) is 1. The van der Waals surface area contributed by atoms with Gasteiger partial charge < -0.3 is 10.1 Å². The molecule has 0 saturated carbocycles. The smallest absolute Gasteiger partial charge is 0.407 e. The van der Waals surface area contributed by atoms with Gasteiger partial charge in [-0.15, -0.1) is 11.3 Å². The van der Waals surface area contributed by atoms with Crippen LogP contribution in [0, 0.1) is 0 Å². The van der Waals surface area contributed by atoms with Crippen LogP contribution in [0.4, 0.5) is 4.79 Å². The van der Waals surface area contributed by atoms with Crippen molar-refractivity contribution in [2.75, 3.05) is 6.54 Å². The van der Waals surface area contributed by atoms with Crippen LogP contribution in [0.1, 0.15) is 20.8 Å². The molecule has 6 heteroatoms. The zero-order valence-electron chi connectivity index (χ0n) is 12.9. The van der Waals surface area contributed by atoms with E-state index in [9.17, 15) is 4.79 Å². The Kier molecular flexibility index (Phi) is 3.78. The standard InChI is InChI=1S/C16H19N3O2S/c1-16(2,3)21-15(20)17-8-9-19-14-11-6-4-5-7-12(11)22-13(14)10-18-19/h4-7,10H,8-9H2,1-3H3,(H,17,20). The highest BCUT2D eigenvalue weighted by molar-refractivity contribution is 7.25. The van der Waals surface area contributed by atoms with Crippen LogP contribution in [-0.4, -0.2) is 28.0 Å². The topological polar surface area (TPSA) is 56.1 Å². The molecule has 0 aliphatic rings. The molecule has 1 N–H and O–H groups in total. The van der Waals surface area contributed by atoms with E-state index in [4.69, 9.17) is 4.74 Å². The number of ether oxygens (including phenoxy) is 1. The third-order valence-corrected chi connectivity index (χ3v) is 4.25. The number of nitrogens with one attached hydrogen (secondary N) is 1. The summed E-state index contributed by atoms with van der Waals surface area (Å²) < 4.78 is 9.58. The minimum Gasteiger partial charge on any atom is -0.444 e. The van der Waals surface area contributed by atoms with E-state index in [1.807, 2.05) is 43.8 Å². The lowest BCUT2D eigenvalue weighted by atomic mass is 10.2. The average molecular weight is 317 g/mol. The maximum absolute atomic E-state index is 11.7. The molecule has 1 amide bonds. The van der Waals surface area contributed by atoms with E-state index in [-0.39, 0.29) is 0 Å². The van der Waals surface area contributed by atoms with Crippen molar-refractivity contribution in [3.63, 3.8) is 0 Å². The number of nitrogens with zero attached hydrogens (tertiary/aromatic N) is 2. The Balaban J connectivity index is 1.71. The number of thiophene rings is 1. The van der Waals surface area contributed by atoms with Gasteiger partial charge in [0, 0.05) is 16.6 Å². The summed E-state index contributed by atoms with van der Waals surface area (Å²) in [7, 11) is 0. The van der Waals surface area contributed by atoms with Crippen LogP contribution in [-0.2, 0) is 11.3 Å². The fourth-order valence-corrected chi connectivity index (χ4v) is 3.40. The number of carbonyl (C=O) groups excluding carboxylic acids is 1. The summed E-state index contributed by atoms with van der Waals surface area (Å²) >= 11 is 1.73. The van der Waals surface area contributed by atoms with Crippen LogP contribution in [0.25, 0.3) is 20.3 Å². The minimum atomic E-state index is -0.480. The van der Waals surface area contributed by atoms with E-state index < -0.39 is 11.7 Å². The van der Waals surface area contributed by atoms with Gasteiger partial charge in [0.1, 0.15) is 5.60 Å². The minimum absolute atomic E-state index is 0.397. The van der Waals surface area contributed by atoms with Gasteiger partial charge in [0.25, 0.3) is 0 Å². The molecule has 0 saturated heterocycles. The summed E-state index contributed by atoms with van der Waals surface area (Å²) in [5.41, 5.74) is 0.652. The first-order valence-corrected chi connectivity index (χ1v) is 8.05. The highest BCUT2D eigenvalue weighted by Crippen LogP contribution is 2.33. The highest BCUT2D eigenvalue weighted by atomic mass is 32.1. The zero-order chi connectivity index (χ0) is 15.7. The monoisotopic (exact) mass is 317 g/mol. The summed E-state index contributed by atoms with van der Waals surface area (Å²) in [6.07, 6.45) is 1.49. The van der Waals surface area contributed by atoms with Gasteiger partial charge in [-0.2, -0.15) is 5.10 Å². The van der Waals surface area contributed by atoms with Crippen molar-refractivity contribution in [1.82, 2.24) is 15.1 Å².